The molecule has 4 heteroatoms. The number of hydrogen-bond donors (Lipinski definition) is 2. The van der Waals surface area contributed by atoms with Crippen molar-refractivity contribution in [3.63, 3.8) is 0 Å². The van der Waals surface area contributed by atoms with Crippen molar-refractivity contribution in [2.75, 3.05) is 0 Å². The van der Waals surface area contributed by atoms with Gasteiger partial charge in [-0.2, -0.15) is 0 Å². The van der Waals surface area contributed by atoms with E-state index in [0.29, 0.717) is 0 Å². The molecule has 0 aromatic heterocycles. The lowest BCUT2D eigenvalue weighted by atomic mass is 10.1. The van der Waals surface area contributed by atoms with Gasteiger partial charge in [-0.3, -0.25) is 10.1 Å². The Morgan fingerprint density at radius 1 is 1.00 bits per heavy atom. The molecule has 0 rings (SSSR count). The van der Waals surface area contributed by atoms with Crippen molar-refractivity contribution in [2.45, 2.75) is 96.5 Å². The summed E-state index contributed by atoms with van der Waals surface area (Å²) in [6.45, 7) is 2.21. The first-order valence-electron chi connectivity index (χ1n) is 8.89. The summed E-state index contributed by atoms with van der Waals surface area (Å²) in [5.41, 5.74) is 0. The van der Waals surface area contributed by atoms with Gasteiger partial charge in [0.2, 0.25) is 0 Å². The van der Waals surface area contributed by atoms with Crippen LogP contribution in [0.5, 0.6) is 0 Å². The molecule has 0 aromatic carbocycles. The highest BCUT2D eigenvalue weighted by molar-refractivity contribution is 5.66. The maximum Gasteiger partial charge on any atom is 0.303 e. The summed E-state index contributed by atoms with van der Waals surface area (Å²) in [6.07, 6.45) is 17.2. The van der Waals surface area contributed by atoms with Gasteiger partial charge in [0.15, 0.2) is 0 Å². The van der Waals surface area contributed by atoms with E-state index in [1.54, 1.807) is 0 Å². The van der Waals surface area contributed by atoms with Crippen LogP contribution in [0.25, 0.3) is 0 Å². The first kappa shape index (κ1) is 21.1. The number of hydrogen-bond acceptors (Lipinski definition) is 3. The molecule has 22 heavy (non-hydrogen) atoms. The normalized spacial score (nSPS) is 12.8. The van der Waals surface area contributed by atoms with Crippen molar-refractivity contribution in [1.29, 1.82) is 0 Å². The highest BCUT2D eigenvalue weighted by Gasteiger charge is 2.03. The topological polar surface area (TPSA) is 66.8 Å². The molecule has 1 atom stereocenters. The Balaban J connectivity index is 3.47. The van der Waals surface area contributed by atoms with Gasteiger partial charge in [0.25, 0.3) is 0 Å². The minimum atomic E-state index is -0.711. The minimum Gasteiger partial charge on any atom is -0.481 e. The molecule has 2 N–H and O–H groups in total. The average Bonchev–Trinajstić information content (AvgIpc) is 2.50. The first-order valence-corrected chi connectivity index (χ1v) is 8.89. The highest BCUT2D eigenvalue weighted by atomic mass is 17.1. The van der Waals surface area contributed by atoms with Crippen LogP contribution >= 0.6 is 0 Å². The Bertz CT molecular complexity index is 276. The van der Waals surface area contributed by atoms with Crippen LogP contribution in [0.4, 0.5) is 0 Å². The standard InChI is InChI=1S/C18H34O4/c1-2-3-4-5-8-11-14-17(22-21)15-12-9-6-7-10-13-16-18(19)20/h12,15,17,21H,2-11,13-14,16H2,1H3,(H,19,20)/b15-12+/t17-/m0/s1. The van der Waals surface area contributed by atoms with E-state index in [2.05, 4.69) is 17.9 Å². The molecule has 0 unspecified atom stereocenters. The van der Waals surface area contributed by atoms with E-state index in [1.165, 1.54) is 32.1 Å². The van der Waals surface area contributed by atoms with Crippen LogP contribution in [0.2, 0.25) is 0 Å². The molecule has 0 saturated heterocycles. The van der Waals surface area contributed by atoms with Gasteiger partial charge in [-0.15, -0.1) is 0 Å². The number of unbranched alkanes of at least 4 members (excludes halogenated alkanes) is 9. The van der Waals surface area contributed by atoms with Crippen LogP contribution in [0, 0.1) is 0 Å². The largest absolute Gasteiger partial charge is 0.481 e. The number of allylic oxidation sites excluding steroid dienone is 1. The van der Waals surface area contributed by atoms with Gasteiger partial charge >= 0.3 is 5.97 Å². The lowest BCUT2D eigenvalue weighted by Crippen LogP contribution is -2.06. The number of carbonyl (C=O) groups is 1. The Kier molecular flexibility index (Phi) is 15.8. The van der Waals surface area contributed by atoms with Crippen molar-refractivity contribution in [3.05, 3.63) is 12.2 Å². The summed E-state index contributed by atoms with van der Waals surface area (Å²) in [7, 11) is 0. The maximum atomic E-state index is 10.4. The first-order chi connectivity index (χ1) is 10.7. The Hall–Kier alpha value is -0.870. The summed E-state index contributed by atoms with van der Waals surface area (Å²) in [5, 5.41) is 17.4. The predicted octanol–water partition coefficient (Wildman–Crippen LogP) is 5.58. The number of carboxylic acid groups (broad SMARTS) is 1. The second kappa shape index (κ2) is 16.5. The van der Waals surface area contributed by atoms with Crippen LogP contribution in [-0.2, 0) is 9.68 Å². The van der Waals surface area contributed by atoms with Crippen molar-refractivity contribution in [3.8, 4) is 0 Å². The van der Waals surface area contributed by atoms with Gasteiger partial charge < -0.3 is 5.11 Å². The molecular weight excluding hydrogens is 280 g/mol. The molecule has 0 bridgehead atoms. The van der Waals surface area contributed by atoms with Crippen molar-refractivity contribution in [2.24, 2.45) is 0 Å². The van der Waals surface area contributed by atoms with Crippen molar-refractivity contribution >= 4 is 5.97 Å². The molecule has 0 aliphatic heterocycles. The maximum absolute atomic E-state index is 10.4. The van der Waals surface area contributed by atoms with Gasteiger partial charge in [-0.1, -0.05) is 70.4 Å². The zero-order valence-corrected chi connectivity index (χ0v) is 14.1. The van der Waals surface area contributed by atoms with Crippen LogP contribution in [0.3, 0.4) is 0 Å². The van der Waals surface area contributed by atoms with Crippen molar-refractivity contribution in [1.82, 2.24) is 0 Å². The summed E-state index contributed by atoms with van der Waals surface area (Å²) < 4.78 is 0. The van der Waals surface area contributed by atoms with Gasteiger partial charge in [-0.25, -0.2) is 4.89 Å². The second-order valence-electron chi connectivity index (χ2n) is 5.98. The summed E-state index contributed by atoms with van der Waals surface area (Å²) in [6, 6.07) is 0. The number of carboxylic acids is 1. The monoisotopic (exact) mass is 314 g/mol. The molecule has 0 radical (unpaired) electrons. The zero-order chi connectivity index (χ0) is 16.5. The van der Waals surface area contributed by atoms with E-state index in [-0.39, 0.29) is 12.5 Å². The van der Waals surface area contributed by atoms with Gasteiger partial charge in [0.1, 0.15) is 6.10 Å². The average molecular weight is 314 g/mol. The Morgan fingerprint density at radius 3 is 2.32 bits per heavy atom. The van der Waals surface area contributed by atoms with E-state index in [4.69, 9.17) is 10.4 Å². The fourth-order valence-corrected chi connectivity index (χ4v) is 2.45. The van der Waals surface area contributed by atoms with Crippen LogP contribution < -0.4 is 0 Å². The van der Waals surface area contributed by atoms with E-state index in [9.17, 15) is 4.79 Å². The zero-order valence-electron chi connectivity index (χ0n) is 14.1. The van der Waals surface area contributed by atoms with Gasteiger partial charge in [0, 0.05) is 6.42 Å². The molecule has 4 nitrogen and oxygen atoms in total. The number of rotatable bonds is 16. The van der Waals surface area contributed by atoms with Crippen LogP contribution in [0.15, 0.2) is 12.2 Å². The minimum absolute atomic E-state index is 0.182. The fraction of sp³-hybridized carbons (Fsp3) is 0.833. The third-order valence-electron chi connectivity index (χ3n) is 3.84. The van der Waals surface area contributed by atoms with E-state index >= 15 is 0 Å². The van der Waals surface area contributed by atoms with Crippen LogP contribution in [0.1, 0.15) is 90.4 Å². The lowest BCUT2D eigenvalue weighted by molar-refractivity contribution is -0.267. The molecule has 0 fully saturated rings. The molecule has 0 saturated carbocycles. The SMILES string of the molecule is CCCCCCCC[C@@H](/C=C/CCCCCCC(=O)O)OO. The highest BCUT2D eigenvalue weighted by Crippen LogP contribution is 2.12. The molecule has 0 spiro atoms. The Morgan fingerprint density at radius 2 is 1.64 bits per heavy atom. The van der Waals surface area contributed by atoms with Crippen LogP contribution in [-0.4, -0.2) is 22.4 Å². The third kappa shape index (κ3) is 15.5. The molecule has 0 amide bonds. The summed E-state index contributed by atoms with van der Waals surface area (Å²) in [4.78, 5) is 14.9. The van der Waals surface area contributed by atoms with E-state index in [0.717, 1.165) is 44.9 Å². The van der Waals surface area contributed by atoms with Crippen molar-refractivity contribution < 1.29 is 20.0 Å². The van der Waals surface area contributed by atoms with E-state index in [1.807, 2.05) is 6.08 Å². The quantitative estimate of drug-likeness (QED) is 0.169. The molecule has 0 aromatic rings. The summed E-state index contributed by atoms with van der Waals surface area (Å²) in [5.74, 6) is -0.711. The molecule has 130 valence electrons. The van der Waals surface area contributed by atoms with E-state index < -0.39 is 5.97 Å². The molecule has 0 heterocycles. The Labute approximate surface area is 135 Å². The fourth-order valence-electron chi connectivity index (χ4n) is 2.45. The predicted molar refractivity (Wildman–Crippen MR) is 90.0 cm³/mol. The molecule has 0 aliphatic carbocycles. The van der Waals surface area contributed by atoms with Gasteiger partial charge in [-0.05, 0) is 25.7 Å². The third-order valence-corrected chi connectivity index (χ3v) is 3.84. The van der Waals surface area contributed by atoms with Gasteiger partial charge in [0.05, 0.1) is 0 Å². The molecular formula is C18H34O4. The summed E-state index contributed by atoms with van der Waals surface area (Å²) >= 11 is 0. The molecule has 0 aliphatic rings. The lowest BCUT2D eigenvalue weighted by Gasteiger charge is -2.08. The smallest absolute Gasteiger partial charge is 0.303 e. The number of aliphatic carboxylic acids is 1. The second-order valence-corrected chi connectivity index (χ2v) is 5.98.